The van der Waals surface area contributed by atoms with Gasteiger partial charge in [-0.25, -0.2) is 4.79 Å². The number of hydrogen-bond donors (Lipinski definition) is 2. The van der Waals surface area contributed by atoms with E-state index in [1.54, 1.807) is 36.4 Å². The number of carboxylic acid groups (broad SMARTS) is 2. The first kappa shape index (κ1) is 15.4. The first-order chi connectivity index (χ1) is 10.5. The van der Waals surface area contributed by atoms with Gasteiger partial charge in [-0.3, -0.25) is 9.59 Å². The van der Waals surface area contributed by atoms with Crippen molar-refractivity contribution in [3.05, 3.63) is 70.8 Å². The molecule has 0 aliphatic carbocycles. The van der Waals surface area contributed by atoms with Gasteiger partial charge in [0.25, 0.3) is 0 Å². The maximum atomic E-state index is 12.2. The molecule has 0 atom stereocenters. The quantitative estimate of drug-likeness (QED) is 0.799. The molecule has 112 valence electrons. The van der Waals surface area contributed by atoms with Gasteiger partial charge in [-0.2, -0.15) is 0 Å². The van der Waals surface area contributed by atoms with Gasteiger partial charge in [-0.15, -0.1) is 0 Å². The fraction of sp³-hybridized carbons (Fsp3) is 0.118. The van der Waals surface area contributed by atoms with Crippen LogP contribution in [-0.2, 0) is 17.6 Å². The molecule has 0 saturated heterocycles. The van der Waals surface area contributed by atoms with Crippen molar-refractivity contribution in [1.29, 1.82) is 0 Å². The van der Waals surface area contributed by atoms with Gasteiger partial charge in [0.05, 0.1) is 12.0 Å². The highest BCUT2D eigenvalue weighted by atomic mass is 16.4. The molecule has 2 rings (SSSR count). The fourth-order valence-corrected chi connectivity index (χ4v) is 2.14. The van der Waals surface area contributed by atoms with E-state index in [1.165, 1.54) is 12.1 Å². The van der Waals surface area contributed by atoms with Crippen molar-refractivity contribution in [2.75, 3.05) is 0 Å². The molecular formula is C17H14O5. The number of rotatable bonds is 6. The van der Waals surface area contributed by atoms with Crippen LogP contribution in [0.25, 0.3) is 0 Å². The summed E-state index contributed by atoms with van der Waals surface area (Å²) in [5.41, 5.74) is 1.51. The highest BCUT2D eigenvalue weighted by molar-refractivity contribution is 6.06. The largest absolute Gasteiger partial charge is 0.481 e. The molecular weight excluding hydrogens is 284 g/mol. The van der Waals surface area contributed by atoms with Crippen LogP contribution >= 0.6 is 0 Å². The average molecular weight is 298 g/mol. The van der Waals surface area contributed by atoms with Crippen LogP contribution < -0.4 is 0 Å². The number of hydrogen-bond acceptors (Lipinski definition) is 3. The van der Waals surface area contributed by atoms with Gasteiger partial charge in [-0.1, -0.05) is 42.5 Å². The molecule has 0 aliphatic heterocycles. The van der Waals surface area contributed by atoms with Gasteiger partial charge >= 0.3 is 11.9 Å². The fourth-order valence-electron chi connectivity index (χ4n) is 2.14. The Balaban J connectivity index is 2.15. The van der Waals surface area contributed by atoms with Crippen LogP contribution in [0.4, 0.5) is 0 Å². The van der Waals surface area contributed by atoms with Gasteiger partial charge in [0.15, 0.2) is 5.78 Å². The smallest absolute Gasteiger partial charge is 0.336 e. The molecule has 2 aromatic rings. The van der Waals surface area contributed by atoms with Crippen LogP contribution in [0.3, 0.4) is 0 Å². The Kier molecular flexibility index (Phi) is 4.68. The number of carbonyl (C=O) groups is 3. The lowest BCUT2D eigenvalue weighted by Gasteiger charge is -2.06. The van der Waals surface area contributed by atoms with Crippen LogP contribution in [0.15, 0.2) is 48.5 Å². The second-order valence-corrected chi connectivity index (χ2v) is 4.84. The van der Waals surface area contributed by atoms with E-state index in [9.17, 15) is 14.4 Å². The third kappa shape index (κ3) is 3.79. The summed E-state index contributed by atoms with van der Waals surface area (Å²) in [6.07, 6.45) is -0.00623. The van der Waals surface area contributed by atoms with Crippen molar-refractivity contribution in [3.63, 3.8) is 0 Å². The third-order valence-corrected chi connectivity index (χ3v) is 3.20. The molecule has 0 unspecified atom stereocenters. The molecule has 0 amide bonds. The summed E-state index contributed by atoms with van der Waals surface area (Å²) in [5.74, 6) is -2.34. The molecule has 5 nitrogen and oxygen atoms in total. The van der Waals surface area contributed by atoms with Crippen LogP contribution in [0.2, 0.25) is 0 Å². The molecule has 0 radical (unpaired) electrons. The van der Waals surface area contributed by atoms with Crippen LogP contribution in [0.5, 0.6) is 0 Å². The lowest BCUT2D eigenvalue weighted by atomic mass is 9.98. The van der Waals surface area contributed by atoms with Crippen LogP contribution in [-0.4, -0.2) is 27.9 Å². The Labute approximate surface area is 126 Å². The Hall–Kier alpha value is -2.95. The van der Waals surface area contributed by atoms with Crippen LogP contribution in [0, 0.1) is 0 Å². The van der Waals surface area contributed by atoms with Crippen LogP contribution in [0.1, 0.15) is 31.8 Å². The zero-order valence-electron chi connectivity index (χ0n) is 11.7. The van der Waals surface area contributed by atoms with Gasteiger partial charge in [0.2, 0.25) is 0 Å². The molecule has 0 bridgehead atoms. The molecule has 2 aromatic carbocycles. The van der Waals surface area contributed by atoms with Gasteiger partial charge in [-0.05, 0) is 17.2 Å². The number of ketones is 1. The highest BCUT2D eigenvalue weighted by Gasteiger charge is 2.16. The number of aromatic carboxylic acids is 1. The molecule has 5 heteroatoms. The minimum atomic E-state index is -1.14. The van der Waals surface area contributed by atoms with Gasteiger partial charge in [0.1, 0.15) is 0 Å². The first-order valence-electron chi connectivity index (χ1n) is 6.62. The maximum absolute atomic E-state index is 12.2. The second-order valence-electron chi connectivity index (χ2n) is 4.84. The second kappa shape index (κ2) is 6.67. The van der Waals surface area contributed by atoms with E-state index in [1.807, 2.05) is 0 Å². The van der Waals surface area contributed by atoms with Gasteiger partial charge in [0, 0.05) is 12.0 Å². The maximum Gasteiger partial charge on any atom is 0.336 e. The van der Waals surface area contributed by atoms with Crippen molar-refractivity contribution in [3.8, 4) is 0 Å². The van der Waals surface area contributed by atoms with E-state index in [0.29, 0.717) is 11.1 Å². The Morgan fingerprint density at radius 1 is 0.727 bits per heavy atom. The number of carboxylic acids is 2. The zero-order chi connectivity index (χ0) is 16.1. The molecule has 0 spiro atoms. The Bertz CT molecular complexity index is 716. The van der Waals surface area contributed by atoms with Crippen molar-refractivity contribution >= 4 is 17.7 Å². The molecule has 2 N–H and O–H groups in total. The lowest BCUT2D eigenvalue weighted by molar-refractivity contribution is -0.136. The monoisotopic (exact) mass is 298 g/mol. The number of carbonyl (C=O) groups excluding carboxylic acids is 1. The topological polar surface area (TPSA) is 91.7 Å². The summed E-state index contributed by atoms with van der Waals surface area (Å²) in [5, 5.41) is 17.8. The summed E-state index contributed by atoms with van der Waals surface area (Å²) in [6.45, 7) is 0. The van der Waals surface area contributed by atoms with Gasteiger partial charge < -0.3 is 10.2 Å². The molecule has 0 aromatic heterocycles. The zero-order valence-corrected chi connectivity index (χ0v) is 11.7. The standard InChI is InChI=1S/C17H14O5/c18-15(13-3-1-2-4-14(13)17(21)22)9-11-5-7-12(8-6-11)10-16(19)20/h1-8H,9-10H2,(H,19,20)(H,21,22). The van der Waals surface area contributed by atoms with Crippen molar-refractivity contribution < 1.29 is 24.6 Å². The van der Waals surface area contributed by atoms with E-state index < -0.39 is 11.9 Å². The number of aliphatic carboxylic acids is 1. The van der Waals surface area contributed by atoms with E-state index in [-0.39, 0.29) is 29.8 Å². The minimum absolute atomic E-state index is 0.0185. The van der Waals surface area contributed by atoms with E-state index in [0.717, 1.165) is 0 Å². The molecule has 0 fully saturated rings. The number of benzene rings is 2. The summed E-state index contributed by atoms with van der Waals surface area (Å²) >= 11 is 0. The Morgan fingerprint density at radius 2 is 1.23 bits per heavy atom. The summed E-state index contributed by atoms with van der Waals surface area (Å²) in [7, 11) is 0. The van der Waals surface area contributed by atoms with Crippen molar-refractivity contribution in [1.82, 2.24) is 0 Å². The molecule has 22 heavy (non-hydrogen) atoms. The molecule has 0 heterocycles. The summed E-state index contributed by atoms with van der Waals surface area (Å²) < 4.78 is 0. The first-order valence-corrected chi connectivity index (χ1v) is 6.62. The summed E-state index contributed by atoms with van der Waals surface area (Å²) in [6, 6.07) is 12.7. The van der Waals surface area contributed by atoms with E-state index >= 15 is 0 Å². The summed E-state index contributed by atoms with van der Waals surface area (Å²) in [4.78, 5) is 34.0. The van der Waals surface area contributed by atoms with Crippen molar-refractivity contribution in [2.45, 2.75) is 12.8 Å². The van der Waals surface area contributed by atoms with Crippen molar-refractivity contribution in [2.24, 2.45) is 0 Å². The van der Waals surface area contributed by atoms with E-state index in [2.05, 4.69) is 0 Å². The predicted molar refractivity (Wildman–Crippen MR) is 79.2 cm³/mol. The van der Waals surface area contributed by atoms with E-state index in [4.69, 9.17) is 10.2 Å². The SMILES string of the molecule is O=C(O)Cc1ccc(CC(=O)c2ccccc2C(=O)O)cc1. The third-order valence-electron chi connectivity index (χ3n) is 3.20. The Morgan fingerprint density at radius 3 is 1.73 bits per heavy atom. The molecule has 0 saturated carbocycles. The lowest BCUT2D eigenvalue weighted by Crippen LogP contribution is -2.10. The highest BCUT2D eigenvalue weighted by Crippen LogP contribution is 2.14. The normalized spacial score (nSPS) is 10.2. The molecule has 0 aliphatic rings. The number of Topliss-reactive ketones (excluding diaryl/α,β-unsaturated/α-hetero) is 1. The predicted octanol–water partition coefficient (Wildman–Crippen LogP) is 2.44. The minimum Gasteiger partial charge on any atom is -0.481 e. The average Bonchev–Trinajstić information content (AvgIpc) is 2.48.